The van der Waals surface area contributed by atoms with Gasteiger partial charge in [0.1, 0.15) is 5.60 Å². The largest absolute Gasteiger partial charge is 0.236 e. The standard InChI is InChI=1S/C14H28O2/c1-5-7-8-9-10-11-13-15-16-14(3,4)12-6-2/h6H,2,5,7-13H2,1,3-4H3. The molecular formula is C14H28O2. The van der Waals surface area contributed by atoms with Crippen LogP contribution in [0.25, 0.3) is 0 Å². The lowest BCUT2D eigenvalue weighted by molar-refractivity contribution is -0.352. The highest BCUT2D eigenvalue weighted by molar-refractivity contribution is 4.79. The third kappa shape index (κ3) is 10.2. The van der Waals surface area contributed by atoms with Crippen molar-refractivity contribution in [2.45, 2.75) is 71.3 Å². The highest BCUT2D eigenvalue weighted by Crippen LogP contribution is 2.15. The van der Waals surface area contributed by atoms with Gasteiger partial charge in [0.05, 0.1) is 6.61 Å². The van der Waals surface area contributed by atoms with Gasteiger partial charge in [0.25, 0.3) is 0 Å². The van der Waals surface area contributed by atoms with E-state index in [0.717, 1.165) is 12.8 Å². The van der Waals surface area contributed by atoms with Gasteiger partial charge in [0, 0.05) is 0 Å². The van der Waals surface area contributed by atoms with Crippen molar-refractivity contribution in [3.63, 3.8) is 0 Å². The van der Waals surface area contributed by atoms with Crippen molar-refractivity contribution in [2.24, 2.45) is 0 Å². The summed E-state index contributed by atoms with van der Waals surface area (Å²) in [5.41, 5.74) is -0.246. The van der Waals surface area contributed by atoms with Gasteiger partial charge in [-0.2, -0.15) is 0 Å². The Hall–Kier alpha value is -0.340. The maximum Gasteiger partial charge on any atom is 0.101 e. The zero-order valence-electron chi connectivity index (χ0n) is 11.3. The molecule has 0 aliphatic carbocycles. The molecule has 0 atom stereocenters. The van der Waals surface area contributed by atoms with Crippen LogP contribution in [-0.4, -0.2) is 12.2 Å². The molecule has 96 valence electrons. The van der Waals surface area contributed by atoms with E-state index < -0.39 is 0 Å². The lowest BCUT2D eigenvalue weighted by atomic mass is 10.1. The fourth-order valence-corrected chi connectivity index (χ4v) is 1.52. The van der Waals surface area contributed by atoms with E-state index in [4.69, 9.17) is 9.78 Å². The van der Waals surface area contributed by atoms with Crippen LogP contribution in [0, 0.1) is 0 Å². The monoisotopic (exact) mass is 228 g/mol. The molecular weight excluding hydrogens is 200 g/mol. The molecule has 16 heavy (non-hydrogen) atoms. The first-order valence-electron chi connectivity index (χ1n) is 6.54. The molecule has 0 aromatic carbocycles. The highest BCUT2D eigenvalue weighted by atomic mass is 17.2. The highest BCUT2D eigenvalue weighted by Gasteiger charge is 2.17. The van der Waals surface area contributed by atoms with Crippen molar-refractivity contribution in [1.82, 2.24) is 0 Å². The molecule has 0 spiro atoms. The van der Waals surface area contributed by atoms with Crippen LogP contribution in [0.3, 0.4) is 0 Å². The van der Waals surface area contributed by atoms with Crippen LogP contribution in [0.1, 0.15) is 65.7 Å². The van der Waals surface area contributed by atoms with Crippen LogP contribution < -0.4 is 0 Å². The van der Waals surface area contributed by atoms with Gasteiger partial charge in [-0.25, -0.2) is 9.78 Å². The second kappa shape index (κ2) is 9.86. The molecule has 0 N–H and O–H groups in total. The van der Waals surface area contributed by atoms with Crippen LogP contribution in [0.4, 0.5) is 0 Å². The molecule has 0 fully saturated rings. The van der Waals surface area contributed by atoms with Gasteiger partial charge in [-0.3, -0.25) is 0 Å². The zero-order chi connectivity index (χ0) is 12.3. The van der Waals surface area contributed by atoms with E-state index in [1.807, 2.05) is 19.9 Å². The maximum atomic E-state index is 5.33. The van der Waals surface area contributed by atoms with E-state index in [9.17, 15) is 0 Å². The minimum atomic E-state index is -0.246. The van der Waals surface area contributed by atoms with E-state index in [0.29, 0.717) is 6.61 Å². The predicted octanol–water partition coefficient (Wildman–Crippen LogP) is 4.65. The Morgan fingerprint density at radius 3 is 2.31 bits per heavy atom. The average Bonchev–Trinajstić information content (AvgIpc) is 2.22. The Morgan fingerprint density at radius 1 is 1.06 bits per heavy atom. The molecule has 0 rings (SSSR count). The number of hydrogen-bond donors (Lipinski definition) is 0. The number of hydrogen-bond acceptors (Lipinski definition) is 2. The van der Waals surface area contributed by atoms with Crippen LogP contribution >= 0.6 is 0 Å². The normalized spacial score (nSPS) is 11.7. The lowest BCUT2D eigenvalue weighted by Gasteiger charge is -2.21. The van der Waals surface area contributed by atoms with Crippen molar-refractivity contribution in [1.29, 1.82) is 0 Å². The first-order chi connectivity index (χ1) is 7.62. The summed E-state index contributed by atoms with van der Waals surface area (Å²) in [6, 6.07) is 0. The fourth-order valence-electron chi connectivity index (χ4n) is 1.52. The molecule has 0 amide bonds. The minimum absolute atomic E-state index is 0.246. The zero-order valence-corrected chi connectivity index (χ0v) is 11.3. The summed E-state index contributed by atoms with van der Waals surface area (Å²) in [6.45, 7) is 10.7. The van der Waals surface area contributed by atoms with Gasteiger partial charge in [0.15, 0.2) is 0 Å². The molecule has 2 nitrogen and oxygen atoms in total. The van der Waals surface area contributed by atoms with E-state index in [1.54, 1.807) is 0 Å². The third-order valence-electron chi connectivity index (χ3n) is 2.50. The Balaban J connectivity index is 3.23. The first-order valence-corrected chi connectivity index (χ1v) is 6.54. The summed E-state index contributed by atoms with van der Waals surface area (Å²) in [5.74, 6) is 0. The quantitative estimate of drug-likeness (QED) is 0.222. The van der Waals surface area contributed by atoms with E-state index in [2.05, 4.69) is 13.5 Å². The van der Waals surface area contributed by atoms with Crippen LogP contribution in [0.5, 0.6) is 0 Å². The molecule has 0 heterocycles. The molecule has 0 saturated heterocycles. The second-order valence-corrected chi connectivity index (χ2v) is 4.93. The summed E-state index contributed by atoms with van der Waals surface area (Å²) in [6.07, 6.45) is 10.3. The third-order valence-corrected chi connectivity index (χ3v) is 2.50. The van der Waals surface area contributed by atoms with Gasteiger partial charge in [-0.1, -0.05) is 45.1 Å². The Morgan fingerprint density at radius 2 is 1.69 bits per heavy atom. The molecule has 0 aliphatic heterocycles. The molecule has 0 aliphatic rings. The summed E-state index contributed by atoms with van der Waals surface area (Å²) >= 11 is 0. The molecule has 0 radical (unpaired) electrons. The lowest BCUT2D eigenvalue weighted by Crippen LogP contribution is -2.23. The van der Waals surface area contributed by atoms with Crippen molar-refractivity contribution in [3.8, 4) is 0 Å². The molecule has 0 unspecified atom stereocenters. The van der Waals surface area contributed by atoms with Crippen LogP contribution in [0.15, 0.2) is 12.7 Å². The van der Waals surface area contributed by atoms with Gasteiger partial charge in [0.2, 0.25) is 0 Å². The summed E-state index contributed by atoms with van der Waals surface area (Å²) in [5, 5.41) is 0. The Labute approximate surface area is 101 Å². The second-order valence-electron chi connectivity index (χ2n) is 4.93. The van der Waals surface area contributed by atoms with Crippen molar-refractivity contribution < 1.29 is 9.78 Å². The SMILES string of the molecule is C=CCC(C)(C)OOCCCCCCCC. The topological polar surface area (TPSA) is 18.5 Å². The number of rotatable bonds is 11. The number of unbranched alkanes of at least 4 members (excludes halogenated alkanes) is 5. The van der Waals surface area contributed by atoms with Gasteiger partial charge >= 0.3 is 0 Å². The predicted molar refractivity (Wildman–Crippen MR) is 69.3 cm³/mol. The van der Waals surface area contributed by atoms with Crippen LogP contribution in [0.2, 0.25) is 0 Å². The molecule has 2 heteroatoms. The summed E-state index contributed by atoms with van der Waals surface area (Å²) in [4.78, 5) is 10.5. The first kappa shape index (κ1) is 15.7. The van der Waals surface area contributed by atoms with E-state index in [1.165, 1.54) is 32.1 Å². The molecule has 0 aromatic heterocycles. The Bertz CT molecular complexity index is 164. The van der Waals surface area contributed by atoms with Crippen molar-refractivity contribution in [2.75, 3.05) is 6.61 Å². The van der Waals surface area contributed by atoms with Gasteiger partial charge in [-0.05, 0) is 26.7 Å². The minimum Gasteiger partial charge on any atom is -0.236 e. The van der Waals surface area contributed by atoms with Gasteiger partial charge < -0.3 is 0 Å². The fraction of sp³-hybridized carbons (Fsp3) is 0.857. The van der Waals surface area contributed by atoms with Crippen molar-refractivity contribution >= 4 is 0 Å². The molecule has 0 aromatic rings. The molecule has 0 bridgehead atoms. The van der Waals surface area contributed by atoms with E-state index >= 15 is 0 Å². The van der Waals surface area contributed by atoms with Crippen molar-refractivity contribution in [3.05, 3.63) is 12.7 Å². The average molecular weight is 228 g/mol. The maximum absolute atomic E-state index is 5.33. The molecule has 0 saturated carbocycles. The Kier molecular flexibility index (Phi) is 9.65. The summed E-state index contributed by atoms with van der Waals surface area (Å²) < 4.78 is 0. The smallest absolute Gasteiger partial charge is 0.101 e. The van der Waals surface area contributed by atoms with E-state index in [-0.39, 0.29) is 5.60 Å². The van der Waals surface area contributed by atoms with Crippen LogP contribution in [-0.2, 0) is 9.78 Å². The van der Waals surface area contributed by atoms with Gasteiger partial charge in [-0.15, -0.1) is 6.58 Å². The summed E-state index contributed by atoms with van der Waals surface area (Å²) in [7, 11) is 0.